The molecule has 0 saturated heterocycles. The minimum atomic E-state index is -2.91. The summed E-state index contributed by atoms with van der Waals surface area (Å²) >= 11 is 0. The van der Waals surface area contributed by atoms with Gasteiger partial charge in [-0.1, -0.05) is 43.3 Å². The van der Waals surface area contributed by atoms with E-state index in [-0.39, 0.29) is 18.1 Å². The standard InChI is InChI=1S/C22H23F2N3O2/c1-2-19(18-10-6-7-11-20(18)29-22(23)24)26-21(28)13-12-16-14-25-27(15-16)17-8-4-3-5-9-17/h3-11,14-15,19,22H,2,12-13H2,1H3,(H,26,28). The lowest BCUT2D eigenvalue weighted by molar-refractivity contribution is -0.121. The maximum Gasteiger partial charge on any atom is 0.387 e. The first kappa shape index (κ1) is 20.5. The van der Waals surface area contributed by atoms with Crippen molar-refractivity contribution in [3.8, 4) is 11.4 Å². The van der Waals surface area contributed by atoms with Crippen molar-refractivity contribution in [3.63, 3.8) is 0 Å². The fourth-order valence-corrected chi connectivity index (χ4v) is 3.11. The Labute approximate surface area is 168 Å². The number of hydrogen-bond acceptors (Lipinski definition) is 3. The van der Waals surface area contributed by atoms with Crippen LogP contribution in [0.2, 0.25) is 0 Å². The first-order chi connectivity index (χ1) is 14.1. The van der Waals surface area contributed by atoms with E-state index >= 15 is 0 Å². The molecule has 0 bridgehead atoms. The number of amides is 1. The van der Waals surface area contributed by atoms with E-state index in [1.54, 1.807) is 29.1 Å². The largest absolute Gasteiger partial charge is 0.434 e. The summed E-state index contributed by atoms with van der Waals surface area (Å²) in [7, 11) is 0. The Hall–Kier alpha value is -3.22. The first-order valence-corrected chi connectivity index (χ1v) is 9.49. The molecule has 2 aromatic carbocycles. The van der Waals surface area contributed by atoms with Crippen LogP contribution in [-0.2, 0) is 11.2 Å². The van der Waals surface area contributed by atoms with Crippen molar-refractivity contribution in [2.75, 3.05) is 0 Å². The third-order valence-corrected chi connectivity index (χ3v) is 4.55. The Bertz CT molecular complexity index is 929. The van der Waals surface area contributed by atoms with E-state index in [0.717, 1.165) is 11.3 Å². The highest BCUT2D eigenvalue weighted by Gasteiger charge is 2.18. The van der Waals surface area contributed by atoms with E-state index in [1.165, 1.54) is 6.07 Å². The van der Waals surface area contributed by atoms with Crippen molar-refractivity contribution in [2.45, 2.75) is 38.8 Å². The maximum absolute atomic E-state index is 12.6. The summed E-state index contributed by atoms with van der Waals surface area (Å²) in [4.78, 5) is 12.4. The maximum atomic E-state index is 12.6. The molecular formula is C22H23F2N3O2. The van der Waals surface area contributed by atoms with Gasteiger partial charge in [-0.2, -0.15) is 13.9 Å². The van der Waals surface area contributed by atoms with E-state index in [0.29, 0.717) is 18.4 Å². The molecule has 1 unspecified atom stereocenters. The number of nitrogens with one attached hydrogen (secondary N) is 1. The minimum Gasteiger partial charge on any atom is -0.434 e. The molecule has 3 rings (SSSR count). The van der Waals surface area contributed by atoms with Gasteiger partial charge in [-0.3, -0.25) is 4.79 Å². The van der Waals surface area contributed by atoms with Gasteiger partial charge in [-0.05, 0) is 36.6 Å². The number of halogens is 2. The number of nitrogens with zero attached hydrogens (tertiary/aromatic N) is 2. The molecule has 0 spiro atoms. The summed E-state index contributed by atoms with van der Waals surface area (Å²) in [5, 5.41) is 7.24. The van der Waals surface area contributed by atoms with Crippen LogP contribution in [0.3, 0.4) is 0 Å². The summed E-state index contributed by atoms with van der Waals surface area (Å²) in [6.45, 7) is -1.03. The van der Waals surface area contributed by atoms with Crippen LogP contribution in [-0.4, -0.2) is 22.3 Å². The van der Waals surface area contributed by atoms with Crippen LogP contribution in [0, 0.1) is 0 Å². The summed E-state index contributed by atoms with van der Waals surface area (Å²) < 4.78 is 31.6. The zero-order valence-electron chi connectivity index (χ0n) is 16.1. The van der Waals surface area contributed by atoms with Crippen molar-refractivity contribution >= 4 is 5.91 Å². The highest BCUT2D eigenvalue weighted by atomic mass is 19.3. The Balaban J connectivity index is 1.59. The molecule has 0 aliphatic carbocycles. The van der Waals surface area contributed by atoms with Crippen LogP contribution < -0.4 is 10.1 Å². The molecule has 1 N–H and O–H groups in total. The first-order valence-electron chi connectivity index (χ1n) is 9.49. The molecule has 0 saturated carbocycles. The van der Waals surface area contributed by atoms with Crippen LogP contribution in [0.15, 0.2) is 67.0 Å². The van der Waals surface area contributed by atoms with Gasteiger partial charge in [-0.15, -0.1) is 0 Å². The van der Waals surface area contributed by atoms with Gasteiger partial charge in [0.05, 0.1) is 17.9 Å². The van der Waals surface area contributed by atoms with Gasteiger partial charge in [0, 0.05) is 18.2 Å². The molecular weight excluding hydrogens is 376 g/mol. The molecule has 29 heavy (non-hydrogen) atoms. The van der Waals surface area contributed by atoms with Crippen molar-refractivity contribution in [1.82, 2.24) is 15.1 Å². The SMILES string of the molecule is CCC(NC(=O)CCc1cnn(-c2ccccc2)c1)c1ccccc1OC(F)F. The zero-order valence-corrected chi connectivity index (χ0v) is 16.1. The fraction of sp³-hybridized carbons (Fsp3) is 0.273. The van der Waals surface area contributed by atoms with Gasteiger partial charge < -0.3 is 10.1 Å². The van der Waals surface area contributed by atoms with Gasteiger partial charge in [0.1, 0.15) is 5.75 Å². The van der Waals surface area contributed by atoms with E-state index in [2.05, 4.69) is 15.2 Å². The van der Waals surface area contributed by atoms with Crippen molar-refractivity contribution in [1.29, 1.82) is 0 Å². The predicted molar refractivity (Wildman–Crippen MR) is 106 cm³/mol. The summed E-state index contributed by atoms with van der Waals surface area (Å²) in [5.41, 5.74) is 2.43. The van der Waals surface area contributed by atoms with Crippen LogP contribution in [0.5, 0.6) is 5.75 Å². The number of benzene rings is 2. The average Bonchev–Trinajstić information content (AvgIpc) is 3.20. The second-order valence-electron chi connectivity index (χ2n) is 6.57. The molecule has 0 aliphatic heterocycles. The van der Waals surface area contributed by atoms with Gasteiger partial charge in [0.25, 0.3) is 0 Å². The number of aromatic nitrogens is 2. The Morgan fingerprint density at radius 2 is 1.86 bits per heavy atom. The number of ether oxygens (including phenoxy) is 1. The molecule has 0 radical (unpaired) electrons. The highest BCUT2D eigenvalue weighted by Crippen LogP contribution is 2.28. The molecule has 1 atom stereocenters. The number of carbonyl (C=O) groups excluding carboxylic acids is 1. The van der Waals surface area contributed by atoms with E-state index in [9.17, 15) is 13.6 Å². The summed E-state index contributed by atoms with van der Waals surface area (Å²) in [6, 6.07) is 15.8. The molecule has 3 aromatic rings. The summed E-state index contributed by atoms with van der Waals surface area (Å²) in [5.74, 6) is -0.0741. The lowest BCUT2D eigenvalue weighted by Crippen LogP contribution is -2.28. The van der Waals surface area contributed by atoms with Gasteiger partial charge in [-0.25, -0.2) is 4.68 Å². The predicted octanol–water partition coefficient (Wildman–Crippen LogP) is 4.67. The zero-order chi connectivity index (χ0) is 20.6. The molecule has 7 heteroatoms. The summed E-state index contributed by atoms with van der Waals surface area (Å²) in [6.07, 6.45) is 5.00. The molecule has 0 fully saturated rings. The number of hydrogen-bond donors (Lipinski definition) is 1. The van der Waals surface area contributed by atoms with Crippen molar-refractivity contribution in [3.05, 3.63) is 78.1 Å². The van der Waals surface area contributed by atoms with Crippen LogP contribution >= 0.6 is 0 Å². The monoisotopic (exact) mass is 399 g/mol. The van der Waals surface area contributed by atoms with E-state index < -0.39 is 12.7 Å². The number of carbonyl (C=O) groups is 1. The van der Waals surface area contributed by atoms with Gasteiger partial charge in [0.2, 0.25) is 5.91 Å². The van der Waals surface area contributed by atoms with Crippen LogP contribution in [0.25, 0.3) is 5.69 Å². The molecule has 1 aromatic heterocycles. The van der Waals surface area contributed by atoms with Crippen molar-refractivity contribution in [2.24, 2.45) is 0 Å². The molecule has 0 aliphatic rings. The molecule has 152 valence electrons. The number of alkyl halides is 2. The van der Waals surface area contributed by atoms with Gasteiger partial charge >= 0.3 is 6.61 Å². The quantitative estimate of drug-likeness (QED) is 0.569. The second kappa shape index (κ2) is 9.82. The third kappa shape index (κ3) is 5.63. The Morgan fingerprint density at radius 3 is 2.59 bits per heavy atom. The van der Waals surface area contributed by atoms with Crippen LogP contribution in [0.4, 0.5) is 8.78 Å². The van der Waals surface area contributed by atoms with E-state index in [4.69, 9.17) is 0 Å². The number of para-hydroxylation sites is 2. The Morgan fingerprint density at radius 1 is 1.14 bits per heavy atom. The highest BCUT2D eigenvalue weighted by molar-refractivity contribution is 5.76. The van der Waals surface area contributed by atoms with Gasteiger partial charge in [0.15, 0.2) is 0 Å². The molecule has 5 nitrogen and oxygen atoms in total. The molecule has 1 amide bonds. The molecule has 1 heterocycles. The smallest absolute Gasteiger partial charge is 0.387 e. The van der Waals surface area contributed by atoms with Crippen LogP contribution in [0.1, 0.15) is 36.9 Å². The third-order valence-electron chi connectivity index (χ3n) is 4.55. The number of aryl methyl sites for hydroxylation is 1. The Kier molecular flexibility index (Phi) is 6.94. The second-order valence-corrected chi connectivity index (χ2v) is 6.57. The number of rotatable bonds is 9. The lowest BCUT2D eigenvalue weighted by Gasteiger charge is -2.20. The normalized spacial score (nSPS) is 12.0. The topological polar surface area (TPSA) is 56.2 Å². The fourth-order valence-electron chi connectivity index (χ4n) is 3.11. The lowest BCUT2D eigenvalue weighted by atomic mass is 10.0. The minimum absolute atomic E-state index is 0.0822. The average molecular weight is 399 g/mol. The van der Waals surface area contributed by atoms with Crippen molar-refractivity contribution < 1.29 is 18.3 Å². The van der Waals surface area contributed by atoms with E-state index in [1.807, 2.05) is 43.5 Å².